The molecule has 0 aliphatic rings. The summed E-state index contributed by atoms with van der Waals surface area (Å²) < 4.78 is 42.1. The second kappa shape index (κ2) is 18.4. The Morgan fingerprint density at radius 1 is 0.784 bits per heavy atom. The Hall–Kier alpha value is -2.60. The molecule has 8 heteroatoms. The molecule has 0 aliphatic heterocycles. The van der Waals surface area contributed by atoms with Gasteiger partial charge in [0.15, 0.2) is 18.2 Å². The Bertz CT molecular complexity index is 1610. The molecule has 0 aliphatic carbocycles. The summed E-state index contributed by atoms with van der Waals surface area (Å²) in [4.78, 5) is 0.264. The molecule has 1 unspecified atom stereocenters. The molecule has 3 aromatic carbocycles. The zero-order valence-corrected chi connectivity index (χ0v) is 35.7. The van der Waals surface area contributed by atoms with E-state index in [0.717, 1.165) is 29.3 Å². The molecule has 3 rings (SSSR count). The summed E-state index contributed by atoms with van der Waals surface area (Å²) in [6.45, 7) is 21.6. The SMILES string of the molecule is CC[Si](CC)(CC)O[C@H](CC/C(C)=C/CO[Si](c1ccccc1)(c1ccccc1)C(C)(C)C)[C@@](C)(O)CC(C=C(C)C)S(=O)(=O)c1ccccc1. The maximum atomic E-state index is 14.0. The van der Waals surface area contributed by atoms with Crippen molar-refractivity contribution in [3.05, 3.63) is 114 Å². The number of hydrogen-bond acceptors (Lipinski definition) is 5. The summed E-state index contributed by atoms with van der Waals surface area (Å²) in [5.41, 5.74) is 0.667. The van der Waals surface area contributed by atoms with E-state index in [4.69, 9.17) is 8.85 Å². The topological polar surface area (TPSA) is 72.8 Å². The van der Waals surface area contributed by atoms with Crippen LogP contribution in [0.5, 0.6) is 0 Å². The number of allylic oxidation sites excluding steroid dienone is 2. The first kappa shape index (κ1) is 42.8. The van der Waals surface area contributed by atoms with Crippen molar-refractivity contribution in [3.8, 4) is 0 Å². The van der Waals surface area contributed by atoms with Crippen LogP contribution in [0, 0.1) is 0 Å². The lowest BCUT2D eigenvalue weighted by atomic mass is 9.89. The molecular formula is C43H64O5SSi2. The van der Waals surface area contributed by atoms with Crippen molar-refractivity contribution in [2.75, 3.05) is 6.61 Å². The molecule has 0 fully saturated rings. The van der Waals surface area contributed by atoms with Gasteiger partial charge in [-0.15, -0.1) is 0 Å². The summed E-state index contributed by atoms with van der Waals surface area (Å²) in [5.74, 6) is 0. The van der Waals surface area contributed by atoms with Gasteiger partial charge in [-0.1, -0.05) is 144 Å². The van der Waals surface area contributed by atoms with Crippen LogP contribution in [0.25, 0.3) is 0 Å². The fraction of sp³-hybridized carbons (Fsp3) is 0.488. The first-order valence-corrected chi connectivity index (χ1v) is 24.7. The lowest BCUT2D eigenvalue weighted by molar-refractivity contribution is -0.0608. The molecule has 280 valence electrons. The predicted octanol–water partition coefficient (Wildman–Crippen LogP) is 9.63. The summed E-state index contributed by atoms with van der Waals surface area (Å²) in [7, 11) is -8.59. The van der Waals surface area contributed by atoms with Gasteiger partial charge in [0, 0.05) is 0 Å². The number of benzene rings is 3. The minimum Gasteiger partial charge on any atom is -0.411 e. The minimum absolute atomic E-state index is 0.0431. The Kier molecular flexibility index (Phi) is 15.5. The molecule has 51 heavy (non-hydrogen) atoms. The molecule has 0 saturated carbocycles. The van der Waals surface area contributed by atoms with Crippen LogP contribution >= 0.6 is 0 Å². The van der Waals surface area contributed by atoms with Crippen LogP contribution < -0.4 is 10.4 Å². The van der Waals surface area contributed by atoms with Crippen LogP contribution in [0.1, 0.15) is 88.5 Å². The van der Waals surface area contributed by atoms with Crippen molar-refractivity contribution in [1.82, 2.24) is 0 Å². The number of sulfone groups is 1. The van der Waals surface area contributed by atoms with Crippen molar-refractivity contribution in [1.29, 1.82) is 0 Å². The molecule has 0 saturated heterocycles. The highest BCUT2D eigenvalue weighted by molar-refractivity contribution is 7.92. The largest absolute Gasteiger partial charge is 0.411 e. The van der Waals surface area contributed by atoms with Gasteiger partial charge in [-0.05, 0) is 92.6 Å². The zero-order chi connectivity index (χ0) is 37.9. The molecule has 0 heterocycles. The van der Waals surface area contributed by atoms with Crippen LogP contribution in [-0.2, 0) is 18.7 Å². The van der Waals surface area contributed by atoms with E-state index >= 15 is 0 Å². The maximum absolute atomic E-state index is 14.0. The quantitative estimate of drug-likeness (QED) is 0.0977. The third kappa shape index (κ3) is 10.7. The molecule has 0 amide bonds. The van der Waals surface area contributed by atoms with Crippen LogP contribution in [0.2, 0.25) is 23.2 Å². The van der Waals surface area contributed by atoms with Crippen molar-refractivity contribution in [2.45, 2.75) is 134 Å². The van der Waals surface area contributed by atoms with E-state index in [-0.39, 0.29) is 16.4 Å². The molecule has 1 N–H and O–H groups in total. The molecule has 0 aromatic heterocycles. The van der Waals surface area contributed by atoms with Gasteiger partial charge in [-0.2, -0.15) is 0 Å². The lowest BCUT2D eigenvalue weighted by Crippen LogP contribution is -2.66. The van der Waals surface area contributed by atoms with E-state index in [9.17, 15) is 13.5 Å². The number of rotatable bonds is 19. The third-order valence-electron chi connectivity index (χ3n) is 10.6. The highest BCUT2D eigenvalue weighted by atomic mass is 32.2. The minimum atomic E-state index is -3.74. The van der Waals surface area contributed by atoms with E-state index in [1.807, 2.05) is 19.9 Å². The fourth-order valence-corrected chi connectivity index (χ4v) is 16.6. The Morgan fingerprint density at radius 3 is 1.69 bits per heavy atom. The summed E-state index contributed by atoms with van der Waals surface area (Å²) >= 11 is 0. The van der Waals surface area contributed by atoms with Gasteiger partial charge in [-0.3, -0.25) is 0 Å². The van der Waals surface area contributed by atoms with Gasteiger partial charge in [0.2, 0.25) is 0 Å². The van der Waals surface area contributed by atoms with Gasteiger partial charge in [0.05, 0.1) is 28.5 Å². The molecule has 3 atom stereocenters. The molecule has 5 nitrogen and oxygen atoms in total. The third-order valence-corrected chi connectivity index (χ3v) is 22.3. The van der Waals surface area contributed by atoms with E-state index in [1.165, 1.54) is 10.4 Å². The molecule has 0 bridgehead atoms. The standard InChI is InChI=1S/C43H64O5SSi2/c1-11-50(12-2,13-3)48-41(43(10,44)34-38(33-35(4)5)49(45,46)37-23-17-14-18-24-37)30-29-36(6)31-32-47-51(42(7,8)9,39-25-19-15-20-26-39)40-27-21-16-22-28-40/h14-28,31,33,38,41,44H,11-13,29-30,32,34H2,1-10H3/b36-31+/t38?,41-,43+/m1/s1. The van der Waals surface area contributed by atoms with Crippen molar-refractivity contribution < 1.29 is 22.4 Å². The maximum Gasteiger partial charge on any atom is 0.261 e. The second-order valence-corrected chi connectivity index (χ2v) is 26.8. The van der Waals surface area contributed by atoms with Crippen LogP contribution in [0.3, 0.4) is 0 Å². The summed E-state index contributed by atoms with van der Waals surface area (Å²) in [6.07, 6.45) is 4.76. The average molecular weight is 749 g/mol. The fourth-order valence-electron chi connectivity index (χ4n) is 7.28. The Labute approximate surface area is 312 Å². The predicted molar refractivity (Wildman–Crippen MR) is 221 cm³/mol. The van der Waals surface area contributed by atoms with Gasteiger partial charge in [-0.25, -0.2) is 8.42 Å². The second-order valence-electron chi connectivity index (χ2n) is 15.6. The Morgan fingerprint density at radius 2 is 1.25 bits per heavy atom. The molecular weight excluding hydrogens is 685 g/mol. The average Bonchev–Trinajstić information content (AvgIpc) is 3.10. The Balaban J connectivity index is 1.94. The first-order chi connectivity index (χ1) is 24.0. The van der Waals surface area contributed by atoms with Gasteiger partial charge < -0.3 is 14.0 Å². The van der Waals surface area contributed by atoms with Crippen molar-refractivity contribution in [2.24, 2.45) is 0 Å². The summed E-state index contributed by atoms with van der Waals surface area (Å²) in [6, 6.07) is 32.7. The van der Waals surface area contributed by atoms with E-state index < -0.39 is 43.4 Å². The van der Waals surface area contributed by atoms with Crippen molar-refractivity contribution in [3.63, 3.8) is 0 Å². The van der Waals surface area contributed by atoms with Crippen LogP contribution in [-0.4, -0.2) is 53.7 Å². The molecule has 3 aromatic rings. The van der Waals surface area contributed by atoms with Gasteiger partial charge in [0.25, 0.3) is 8.32 Å². The monoisotopic (exact) mass is 748 g/mol. The van der Waals surface area contributed by atoms with Crippen molar-refractivity contribution >= 4 is 36.8 Å². The highest BCUT2D eigenvalue weighted by Crippen LogP contribution is 2.38. The molecule has 0 radical (unpaired) electrons. The summed E-state index contributed by atoms with van der Waals surface area (Å²) in [5, 5.41) is 13.8. The lowest BCUT2D eigenvalue weighted by Gasteiger charge is -2.43. The smallest absolute Gasteiger partial charge is 0.261 e. The van der Waals surface area contributed by atoms with E-state index in [1.54, 1.807) is 37.3 Å². The number of aliphatic hydroxyl groups is 1. The first-order valence-electron chi connectivity index (χ1n) is 18.7. The van der Waals surface area contributed by atoms with E-state index in [2.05, 4.69) is 115 Å². The normalized spacial score (nSPS) is 15.5. The number of hydrogen-bond donors (Lipinski definition) is 1. The highest BCUT2D eigenvalue weighted by Gasteiger charge is 2.50. The molecule has 0 spiro atoms. The van der Waals surface area contributed by atoms with Gasteiger partial charge >= 0.3 is 0 Å². The van der Waals surface area contributed by atoms with Crippen LogP contribution in [0.15, 0.2) is 119 Å². The van der Waals surface area contributed by atoms with E-state index in [0.29, 0.717) is 19.4 Å². The van der Waals surface area contributed by atoms with Gasteiger partial charge in [0.1, 0.15) is 0 Å². The van der Waals surface area contributed by atoms with Crippen LogP contribution in [0.4, 0.5) is 0 Å². The zero-order valence-electron chi connectivity index (χ0n) is 32.9.